The third kappa shape index (κ3) is 4.81. The summed E-state index contributed by atoms with van der Waals surface area (Å²) in [4.78, 5) is 14.6. The molecule has 1 amide bonds. The van der Waals surface area contributed by atoms with Crippen molar-refractivity contribution in [1.82, 2.24) is 4.90 Å². The normalized spacial score (nSPS) is 27.4. The number of hydrogen-bond donors (Lipinski definition) is 1. The topological polar surface area (TPSA) is 49.8 Å². The Morgan fingerprint density at radius 1 is 1.15 bits per heavy atom. The van der Waals surface area contributed by atoms with Crippen molar-refractivity contribution in [3.8, 4) is 0 Å². The highest BCUT2D eigenvalue weighted by atomic mass is 19.1. The van der Waals surface area contributed by atoms with Crippen LogP contribution >= 0.6 is 0 Å². The maximum absolute atomic E-state index is 13.6. The van der Waals surface area contributed by atoms with Crippen LogP contribution in [0.15, 0.2) is 24.3 Å². The first-order valence-electron chi connectivity index (χ1n) is 9.98. The molecule has 0 saturated heterocycles. The third-order valence-electron chi connectivity index (χ3n) is 6.33. The summed E-state index contributed by atoms with van der Waals surface area (Å²) in [6, 6.07) is 6.41. The number of aliphatic hydroxyl groups excluding tert-OH is 1. The molecule has 1 aromatic rings. The second kappa shape index (κ2) is 7.42. The van der Waals surface area contributed by atoms with E-state index in [9.17, 15) is 14.3 Å². The molecule has 0 atom stereocenters. The number of amides is 1. The molecule has 0 radical (unpaired) electrons. The van der Waals surface area contributed by atoms with Gasteiger partial charge in [-0.15, -0.1) is 0 Å². The smallest absolute Gasteiger partial charge is 0.410 e. The molecule has 150 valence electrons. The first-order valence-corrected chi connectivity index (χ1v) is 9.98. The lowest BCUT2D eigenvalue weighted by atomic mass is 9.54. The van der Waals surface area contributed by atoms with Crippen LogP contribution in [0.2, 0.25) is 0 Å². The number of aliphatic hydroxyl groups is 1. The van der Waals surface area contributed by atoms with Crippen molar-refractivity contribution in [1.29, 1.82) is 0 Å². The first-order chi connectivity index (χ1) is 12.6. The van der Waals surface area contributed by atoms with Crippen LogP contribution in [0.5, 0.6) is 0 Å². The van der Waals surface area contributed by atoms with Crippen LogP contribution < -0.4 is 0 Å². The van der Waals surface area contributed by atoms with E-state index in [4.69, 9.17) is 4.74 Å². The van der Waals surface area contributed by atoms with E-state index in [-0.39, 0.29) is 29.3 Å². The van der Waals surface area contributed by atoms with Gasteiger partial charge in [0.1, 0.15) is 11.4 Å². The molecule has 5 heteroatoms. The van der Waals surface area contributed by atoms with Crippen LogP contribution in [0.4, 0.5) is 9.18 Å². The number of fused-ring (bicyclic) bond motifs is 3. The van der Waals surface area contributed by atoms with Crippen molar-refractivity contribution in [3.63, 3.8) is 0 Å². The van der Waals surface area contributed by atoms with Gasteiger partial charge in [0.2, 0.25) is 0 Å². The molecule has 0 aliphatic heterocycles. The predicted octanol–water partition coefficient (Wildman–Crippen LogP) is 4.90. The van der Waals surface area contributed by atoms with Crippen LogP contribution in [0.25, 0.3) is 0 Å². The van der Waals surface area contributed by atoms with Gasteiger partial charge in [-0.05, 0) is 87.8 Å². The Kier molecular flexibility index (Phi) is 5.53. The quantitative estimate of drug-likeness (QED) is 0.794. The van der Waals surface area contributed by atoms with Gasteiger partial charge in [-0.25, -0.2) is 9.18 Å². The number of carbonyl (C=O) groups excluding carboxylic acids is 1. The van der Waals surface area contributed by atoms with Gasteiger partial charge < -0.3 is 14.7 Å². The van der Waals surface area contributed by atoms with Gasteiger partial charge in [0.25, 0.3) is 0 Å². The number of benzene rings is 1. The molecule has 0 aromatic heterocycles. The minimum Gasteiger partial charge on any atom is -0.444 e. The molecule has 3 fully saturated rings. The number of carbonyl (C=O) groups is 1. The van der Waals surface area contributed by atoms with E-state index in [1.54, 1.807) is 11.0 Å². The largest absolute Gasteiger partial charge is 0.444 e. The molecular weight excluding hydrogens is 345 g/mol. The van der Waals surface area contributed by atoms with Crippen molar-refractivity contribution in [2.24, 2.45) is 10.8 Å². The standard InChI is InChI=1S/C22H32FNO3/c1-20(2,3)27-19(26)24(14-17-5-4-6-18(23)13-17)15-21-7-10-22(16-25,11-8-21)12-9-21/h4-6,13,25H,7-12,14-16H2,1-3H3. The van der Waals surface area contributed by atoms with Gasteiger partial charge in [-0.1, -0.05) is 12.1 Å². The summed E-state index contributed by atoms with van der Waals surface area (Å²) in [6.07, 6.45) is 5.79. The number of halogens is 1. The van der Waals surface area contributed by atoms with E-state index >= 15 is 0 Å². The number of hydrogen-bond acceptors (Lipinski definition) is 3. The van der Waals surface area contributed by atoms with Gasteiger partial charge in [0.05, 0.1) is 0 Å². The van der Waals surface area contributed by atoms with Gasteiger partial charge in [0, 0.05) is 19.7 Å². The fraction of sp³-hybridized carbons (Fsp3) is 0.682. The fourth-order valence-electron chi connectivity index (χ4n) is 4.59. The van der Waals surface area contributed by atoms with Crippen LogP contribution in [0, 0.1) is 16.6 Å². The second-order valence-corrected chi connectivity index (χ2v) is 9.62. The highest BCUT2D eigenvalue weighted by Gasteiger charge is 2.49. The lowest BCUT2D eigenvalue weighted by Crippen LogP contribution is -2.50. The summed E-state index contributed by atoms with van der Waals surface area (Å²) in [5.41, 5.74) is 0.385. The van der Waals surface area contributed by atoms with Crippen LogP contribution in [-0.4, -0.2) is 34.9 Å². The lowest BCUT2D eigenvalue weighted by Gasteiger charge is -2.54. The van der Waals surface area contributed by atoms with Crippen molar-refractivity contribution < 1.29 is 19.0 Å². The summed E-state index contributed by atoms with van der Waals surface area (Å²) in [5, 5.41) is 9.75. The summed E-state index contributed by atoms with van der Waals surface area (Å²) >= 11 is 0. The third-order valence-corrected chi connectivity index (χ3v) is 6.33. The zero-order chi connectivity index (χ0) is 19.7. The Morgan fingerprint density at radius 2 is 1.74 bits per heavy atom. The zero-order valence-corrected chi connectivity index (χ0v) is 16.8. The van der Waals surface area contributed by atoms with E-state index in [0.717, 1.165) is 44.1 Å². The van der Waals surface area contributed by atoms with Crippen LogP contribution in [-0.2, 0) is 11.3 Å². The van der Waals surface area contributed by atoms with Gasteiger partial charge in [-0.3, -0.25) is 0 Å². The molecule has 1 aromatic carbocycles. The summed E-state index contributed by atoms with van der Waals surface area (Å²) < 4.78 is 19.3. The van der Waals surface area contributed by atoms with Crippen molar-refractivity contribution in [2.45, 2.75) is 71.4 Å². The minimum absolute atomic E-state index is 0.0845. The summed E-state index contributed by atoms with van der Waals surface area (Å²) in [5.74, 6) is -0.294. The lowest BCUT2D eigenvalue weighted by molar-refractivity contribution is -0.0602. The molecule has 3 saturated carbocycles. The molecular formula is C22H32FNO3. The Morgan fingerprint density at radius 3 is 2.26 bits per heavy atom. The molecule has 1 N–H and O–H groups in total. The molecule has 0 spiro atoms. The molecule has 27 heavy (non-hydrogen) atoms. The van der Waals surface area contributed by atoms with E-state index in [1.165, 1.54) is 12.1 Å². The van der Waals surface area contributed by atoms with Crippen molar-refractivity contribution in [2.75, 3.05) is 13.2 Å². The monoisotopic (exact) mass is 377 g/mol. The molecule has 2 bridgehead atoms. The molecule has 4 nitrogen and oxygen atoms in total. The van der Waals surface area contributed by atoms with E-state index in [0.29, 0.717) is 13.1 Å². The highest BCUT2D eigenvalue weighted by Crippen LogP contribution is 2.56. The van der Waals surface area contributed by atoms with Gasteiger partial charge in [-0.2, -0.15) is 0 Å². The average Bonchev–Trinajstić information content (AvgIpc) is 2.61. The van der Waals surface area contributed by atoms with E-state index < -0.39 is 5.60 Å². The van der Waals surface area contributed by atoms with Crippen molar-refractivity contribution in [3.05, 3.63) is 35.6 Å². The Hall–Kier alpha value is -1.62. The maximum Gasteiger partial charge on any atom is 0.410 e. The van der Waals surface area contributed by atoms with E-state index in [2.05, 4.69) is 0 Å². The number of rotatable bonds is 5. The zero-order valence-electron chi connectivity index (χ0n) is 16.8. The van der Waals surface area contributed by atoms with Gasteiger partial charge >= 0.3 is 6.09 Å². The van der Waals surface area contributed by atoms with Crippen LogP contribution in [0.3, 0.4) is 0 Å². The Bertz CT molecular complexity index is 658. The number of nitrogens with zero attached hydrogens (tertiary/aromatic N) is 1. The Balaban J connectivity index is 1.76. The summed E-state index contributed by atoms with van der Waals surface area (Å²) in [6.45, 7) is 6.82. The highest BCUT2D eigenvalue weighted by molar-refractivity contribution is 5.68. The second-order valence-electron chi connectivity index (χ2n) is 9.62. The maximum atomic E-state index is 13.6. The molecule has 3 aliphatic rings. The summed E-state index contributed by atoms with van der Waals surface area (Å²) in [7, 11) is 0. The fourth-order valence-corrected chi connectivity index (χ4v) is 4.59. The first kappa shape index (κ1) is 20.1. The molecule has 0 heterocycles. The van der Waals surface area contributed by atoms with Crippen molar-refractivity contribution >= 4 is 6.09 Å². The average molecular weight is 378 g/mol. The SMILES string of the molecule is CC(C)(C)OC(=O)N(Cc1cccc(F)c1)CC12CCC(CO)(CC1)CC2. The Labute approximate surface area is 161 Å². The minimum atomic E-state index is -0.569. The number of ether oxygens (including phenoxy) is 1. The predicted molar refractivity (Wildman–Crippen MR) is 103 cm³/mol. The molecule has 3 aliphatic carbocycles. The van der Waals surface area contributed by atoms with E-state index in [1.807, 2.05) is 26.8 Å². The molecule has 4 rings (SSSR count). The van der Waals surface area contributed by atoms with Gasteiger partial charge in [0.15, 0.2) is 0 Å². The van der Waals surface area contributed by atoms with Crippen LogP contribution in [0.1, 0.15) is 64.9 Å². The molecule has 0 unspecified atom stereocenters.